The first-order chi connectivity index (χ1) is 8.10. The number of nitrogens with two attached hydrogens (primary N) is 1. The Morgan fingerprint density at radius 1 is 1.35 bits per heavy atom. The van der Waals surface area contributed by atoms with Gasteiger partial charge in [0.15, 0.2) is 0 Å². The first-order valence-electron chi connectivity index (χ1n) is 6.07. The van der Waals surface area contributed by atoms with E-state index in [4.69, 9.17) is 5.84 Å². The summed E-state index contributed by atoms with van der Waals surface area (Å²) in [5.41, 5.74) is 3.79. The number of nitrogen functional groups attached to an aromatic ring is 1. The van der Waals surface area contributed by atoms with Crippen LogP contribution in [0.3, 0.4) is 0 Å². The van der Waals surface area contributed by atoms with Crippen molar-refractivity contribution in [2.45, 2.75) is 50.8 Å². The van der Waals surface area contributed by atoms with Crippen LogP contribution in [0.25, 0.3) is 0 Å². The van der Waals surface area contributed by atoms with E-state index in [-0.39, 0.29) is 0 Å². The lowest BCUT2D eigenvalue weighted by Crippen LogP contribution is -2.13. The maximum Gasteiger partial charge on any atom is 0.147 e. The summed E-state index contributed by atoms with van der Waals surface area (Å²) in [5.74, 6) is 6.86. The highest BCUT2D eigenvalue weighted by Crippen LogP contribution is 2.31. The molecule has 0 fully saturated rings. The van der Waals surface area contributed by atoms with E-state index in [1.54, 1.807) is 18.1 Å². The third kappa shape index (κ3) is 3.85. The molecular formula is C12H22N4S. The molecule has 0 aliphatic heterocycles. The molecule has 0 bridgehead atoms. The molecule has 1 rings (SSSR count). The van der Waals surface area contributed by atoms with Gasteiger partial charge >= 0.3 is 0 Å². The van der Waals surface area contributed by atoms with E-state index in [0.29, 0.717) is 11.2 Å². The predicted molar refractivity (Wildman–Crippen MR) is 74.0 cm³/mol. The zero-order valence-corrected chi connectivity index (χ0v) is 11.8. The van der Waals surface area contributed by atoms with Gasteiger partial charge in [-0.15, -0.1) is 11.8 Å². The van der Waals surface area contributed by atoms with Gasteiger partial charge in [0, 0.05) is 10.8 Å². The molecule has 4 nitrogen and oxygen atoms in total. The van der Waals surface area contributed by atoms with Crippen LogP contribution in [0.2, 0.25) is 0 Å². The Bertz CT molecular complexity index is 354. The van der Waals surface area contributed by atoms with E-state index in [1.807, 2.05) is 0 Å². The van der Waals surface area contributed by atoms with Crippen LogP contribution in [0.5, 0.6) is 0 Å². The third-order valence-corrected chi connectivity index (χ3v) is 4.27. The Hall–Kier alpha value is -0.810. The fraction of sp³-hybridized carbons (Fsp3) is 0.667. The molecule has 5 heteroatoms. The highest BCUT2D eigenvalue weighted by atomic mass is 32.2. The first kappa shape index (κ1) is 14.3. The SMILES string of the molecule is CCCc1c(NN)ncnc1SC(C)C(C)C. The van der Waals surface area contributed by atoms with Crippen molar-refractivity contribution < 1.29 is 0 Å². The highest BCUT2D eigenvalue weighted by molar-refractivity contribution is 7.99. The average Bonchev–Trinajstić information content (AvgIpc) is 2.31. The summed E-state index contributed by atoms with van der Waals surface area (Å²) in [6.07, 6.45) is 3.59. The summed E-state index contributed by atoms with van der Waals surface area (Å²) < 4.78 is 0. The number of thioether (sulfide) groups is 1. The molecule has 0 aromatic carbocycles. The lowest BCUT2D eigenvalue weighted by Gasteiger charge is -2.17. The number of hydrogen-bond donors (Lipinski definition) is 2. The van der Waals surface area contributed by atoms with Gasteiger partial charge in [-0.3, -0.25) is 0 Å². The largest absolute Gasteiger partial charge is 0.308 e. The predicted octanol–water partition coefficient (Wildman–Crippen LogP) is 2.85. The molecule has 1 aromatic heterocycles. The van der Waals surface area contributed by atoms with Gasteiger partial charge < -0.3 is 5.43 Å². The minimum absolute atomic E-state index is 0.533. The molecule has 0 amide bonds. The lowest BCUT2D eigenvalue weighted by atomic mass is 10.1. The normalized spacial score (nSPS) is 12.8. The maximum atomic E-state index is 5.49. The summed E-state index contributed by atoms with van der Waals surface area (Å²) in [6.45, 7) is 8.82. The van der Waals surface area contributed by atoms with Crippen molar-refractivity contribution in [3.8, 4) is 0 Å². The summed E-state index contributed by atoms with van der Waals surface area (Å²) in [5, 5.41) is 1.59. The molecular weight excluding hydrogens is 232 g/mol. The van der Waals surface area contributed by atoms with Gasteiger partial charge in [0.05, 0.1) is 0 Å². The van der Waals surface area contributed by atoms with E-state index in [9.17, 15) is 0 Å². The van der Waals surface area contributed by atoms with Crippen molar-refractivity contribution >= 4 is 17.6 Å². The van der Waals surface area contributed by atoms with Gasteiger partial charge in [0.25, 0.3) is 0 Å². The minimum atomic E-state index is 0.533. The molecule has 1 heterocycles. The van der Waals surface area contributed by atoms with Crippen LogP contribution >= 0.6 is 11.8 Å². The van der Waals surface area contributed by atoms with Crippen molar-refractivity contribution in [1.29, 1.82) is 0 Å². The second-order valence-electron chi connectivity index (χ2n) is 4.47. The number of rotatable bonds is 6. The molecule has 0 aliphatic rings. The lowest BCUT2D eigenvalue weighted by molar-refractivity contribution is 0.641. The Labute approximate surface area is 108 Å². The van der Waals surface area contributed by atoms with E-state index in [1.165, 1.54) is 0 Å². The third-order valence-electron chi connectivity index (χ3n) is 2.78. The first-order valence-corrected chi connectivity index (χ1v) is 6.95. The van der Waals surface area contributed by atoms with Crippen molar-refractivity contribution in [3.05, 3.63) is 11.9 Å². The summed E-state index contributed by atoms with van der Waals surface area (Å²) in [7, 11) is 0. The van der Waals surface area contributed by atoms with Crippen LogP contribution in [-0.2, 0) is 6.42 Å². The van der Waals surface area contributed by atoms with Gasteiger partial charge in [0.1, 0.15) is 17.2 Å². The fourth-order valence-corrected chi connectivity index (χ4v) is 2.48. The van der Waals surface area contributed by atoms with Crippen LogP contribution in [-0.4, -0.2) is 15.2 Å². The van der Waals surface area contributed by atoms with Gasteiger partial charge in [-0.1, -0.05) is 34.1 Å². The van der Waals surface area contributed by atoms with Gasteiger partial charge in [0.2, 0.25) is 0 Å². The smallest absolute Gasteiger partial charge is 0.147 e. The fourth-order valence-electron chi connectivity index (χ4n) is 1.41. The Morgan fingerprint density at radius 2 is 2.06 bits per heavy atom. The van der Waals surface area contributed by atoms with Crippen molar-refractivity contribution in [3.63, 3.8) is 0 Å². The van der Waals surface area contributed by atoms with Gasteiger partial charge in [-0.2, -0.15) is 0 Å². The summed E-state index contributed by atoms with van der Waals surface area (Å²) in [4.78, 5) is 8.55. The van der Waals surface area contributed by atoms with E-state index in [2.05, 4.69) is 43.1 Å². The molecule has 1 atom stereocenters. The quantitative estimate of drug-likeness (QED) is 0.354. The molecule has 0 aliphatic carbocycles. The van der Waals surface area contributed by atoms with Crippen LogP contribution in [0.15, 0.2) is 11.4 Å². The average molecular weight is 254 g/mol. The van der Waals surface area contributed by atoms with Crippen LogP contribution < -0.4 is 11.3 Å². The van der Waals surface area contributed by atoms with E-state index < -0.39 is 0 Å². The zero-order valence-electron chi connectivity index (χ0n) is 11.0. The number of nitrogens with zero attached hydrogens (tertiary/aromatic N) is 2. The van der Waals surface area contributed by atoms with Crippen LogP contribution in [0.4, 0.5) is 5.82 Å². The molecule has 0 radical (unpaired) electrons. The van der Waals surface area contributed by atoms with Crippen LogP contribution in [0.1, 0.15) is 39.7 Å². The van der Waals surface area contributed by atoms with E-state index in [0.717, 1.165) is 29.2 Å². The zero-order chi connectivity index (χ0) is 12.8. The highest BCUT2D eigenvalue weighted by Gasteiger charge is 2.15. The maximum absolute atomic E-state index is 5.49. The molecule has 0 saturated carbocycles. The Morgan fingerprint density at radius 3 is 2.59 bits per heavy atom. The number of hydrazine groups is 1. The number of hydrogen-bond acceptors (Lipinski definition) is 5. The summed E-state index contributed by atoms with van der Waals surface area (Å²) >= 11 is 1.80. The van der Waals surface area contributed by atoms with Gasteiger partial charge in [-0.05, 0) is 12.3 Å². The van der Waals surface area contributed by atoms with Crippen molar-refractivity contribution in [2.24, 2.45) is 11.8 Å². The number of anilines is 1. The molecule has 3 N–H and O–H groups in total. The van der Waals surface area contributed by atoms with Gasteiger partial charge in [-0.25, -0.2) is 15.8 Å². The van der Waals surface area contributed by atoms with Crippen LogP contribution in [0, 0.1) is 5.92 Å². The summed E-state index contributed by atoms with van der Waals surface area (Å²) in [6, 6.07) is 0. The molecule has 17 heavy (non-hydrogen) atoms. The van der Waals surface area contributed by atoms with E-state index >= 15 is 0 Å². The second-order valence-corrected chi connectivity index (χ2v) is 5.83. The molecule has 0 spiro atoms. The topological polar surface area (TPSA) is 63.8 Å². The number of aromatic nitrogens is 2. The van der Waals surface area contributed by atoms with Crippen molar-refractivity contribution in [1.82, 2.24) is 9.97 Å². The number of nitrogens with one attached hydrogen (secondary N) is 1. The van der Waals surface area contributed by atoms with Crippen molar-refractivity contribution in [2.75, 3.05) is 5.43 Å². The standard InChI is InChI=1S/C12H22N4S/c1-5-6-10-11(16-13)14-7-15-12(10)17-9(4)8(2)3/h7-9H,5-6,13H2,1-4H3,(H,14,15,16). The molecule has 96 valence electrons. The molecule has 0 saturated heterocycles. The monoisotopic (exact) mass is 254 g/mol. The molecule has 1 unspecified atom stereocenters. The Kier molecular flexibility index (Phi) is 5.71. The minimum Gasteiger partial charge on any atom is -0.308 e. The molecule has 1 aromatic rings. The second kappa shape index (κ2) is 6.81. The Balaban J connectivity index is 2.97.